The summed E-state index contributed by atoms with van der Waals surface area (Å²) in [6.07, 6.45) is -0.830. The van der Waals surface area contributed by atoms with E-state index in [1.807, 2.05) is 0 Å². The van der Waals surface area contributed by atoms with E-state index in [9.17, 15) is 14.4 Å². The highest BCUT2D eigenvalue weighted by Crippen LogP contribution is 2.14. The molecule has 0 aromatic carbocycles. The van der Waals surface area contributed by atoms with Crippen LogP contribution < -0.4 is 0 Å². The maximum Gasteiger partial charge on any atom is 0.334 e. The van der Waals surface area contributed by atoms with Crippen molar-refractivity contribution in [3.05, 3.63) is 0 Å². The molecular weight excluding hydrogens is 240 g/mol. The minimum atomic E-state index is -0.869. The molecule has 7 heteroatoms. The number of urea groups is 1. The monoisotopic (exact) mass is 258 g/mol. The Morgan fingerprint density at radius 1 is 0.889 bits per heavy atom. The van der Waals surface area contributed by atoms with Crippen LogP contribution in [0.4, 0.5) is 4.79 Å². The lowest BCUT2D eigenvalue weighted by molar-refractivity contribution is -0.143. The van der Waals surface area contributed by atoms with Crippen LogP contribution in [-0.4, -0.2) is 63.2 Å². The molecule has 2 N–H and O–H groups in total. The highest BCUT2D eigenvalue weighted by atomic mass is 16.3. The first kappa shape index (κ1) is 14.6. The smallest absolute Gasteiger partial charge is 0.334 e. The highest BCUT2D eigenvalue weighted by molar-refractivity contribution is 6.44. The second kappa shape index (κ2) is 5.92. The fraction of sp³-hybridized carbons (Fsp3) is 0.727. The molecule has 0 aromatic rings. The van der Waals surface area contributed by atoms with Crippen molar-refractivity contribution in [1.29, 1.82) is 0 Å². The molecule has 18 heavy (non-hydrogen) atoms. The number of aliphatic hydroxyl groups is 2. The minimum Gasteiger partial charge on any atom is -0.393 e. The lowest BCUT2D eigenvalue weighted by atomic mass is 10.3. The Labute approximate surface area is 105 Å². The normalized spacial score (nSPS) is 19.7. The molecule has 1 aliphatic heterocycles. The Hall–Kier alpha value is -1.47. The third-order valence-corrected chi connectivity index (χ3v) is 2.68. The zero-order chi connectivity index (χ0) is 13.9. The van der Waals surface area contributed by atoms with Gasteiger partial charge in [-0.2, -0.15) is 0 Å². The van der Waals surface area contributed by atoms with Crippen LogP contribution in [0, 0.1) is 0 Å². The van der Waals surface area contributed by atoms with Crippen LogP contribution in [0.3, 0.4) is 0 Å². The standard InChI is InChI=1S/C11H18N2O5/c1-7(14)3-5-12-9(16)10(17)13(11(12)18)6-4-8(2)15/h7-8,14-15H,3-6H2,1-2H3. The second-order valence-corrected chi connectivity index (χ2v) is 4.47. The summed E-state index contributed by atoms with van der Waals surface area (Å²) in [6, 6.07) is -0.675. The van der Waals surface area contributed by atoms with Gasteiger partial charge in [0.05, 0.1) is 12.2 Å². The fourth-order valence-corrected chi connectivity index (χ4v) is 1.58. The number of hydrogen-bond acceptors (Lipinski definition) is 5. The van der Waals surface area contributed by atoms with Crippen molar-refractivity contribution in [1.82, 2.24) is 9.80 Å². The SMILES string of the molecule is CC(O)CCN1C(=O)C(=O)N(CCC(C)O)C1=O. The van der Waals surface area contributed by atoms with E-state index >= 15 is 0 Å². The minimum absolute atomic E-state index is 0.0201. The Morgan fingerprint density at radius 2 is 1.22 bits per heavy atom. The first-order valence-corrected chi connectivity index (χ1v) is 5.88. The molecule has 1 saturated heterocycles. The molecule has 4 amide bonds. The fourth-order valence-electron chi connectivity index (χ4n) is 1.58. The average molecular weight is 258 g/mol. The predicted molar refractivity (Wildman–Crippen MR) is 61.4 cm³/mol. The lowest BCUT2D eigenvalue weighted by Gasteiger charge is -2.16. The van der Waals surface area contributed by atoms with Crippen LogP contribution in [0.25, 0.3) is 0 Å². The number of rotatable bonds is 6. The number of hydrogen-bond donors (Lipinski definition) is 2. The van der Waals surface area contributed by atoms with Gasteiger partial charge in [-0.25, -0.2) is 4.79 Å². The molecule has 0 saturated carbocycles. The molecular formula is C11H18N2O5. The molecule has 0 bridgehead atoms. The van der Waals surface area contributed by atoms with Crippen molar-refractivity contribution >= 4 is 17.8 Å². The van der Waals surface area contributed by atoms with Crippen LogP contribution in [0.1, 0.15) is 26.7 Å². The lowest BCUT2D eigenvalue weighted by Crippen LogP contribution is -2.36. The summed E-state index contributed by atoms with van der Waals surface area (Å²) in [5, 5.41) is 18.2. The van der Waals surface area contributed by atoms with Gasteiger partial charge >= 0.3 is 17.8 Å². The van der Waals surface area contributed by atoms with Gasteiger partial charge in [0.15, 0.2) is 0 Å². The summed E-state index contributed by atoms with van der Waals surface area (Å²) < 4.78 is 0. The summed E-state index contributed by atoms with van der Waals surface area (Å²) in [6.45, 7) is 3.12. The van der Waals surface area contributed by atoms with Crippen molar-refractivity contribution in [2.24, 2.45) is 0 Å². The van der Waals surface area contributed by atoms with Gasteiger partial charge in [-0.3, -0.25) is 19.4 Å². The molecule has 1 aliphatic rings. The van der Waals surface area contributed by atoms with E-state index in [-0.39, 0.29) is 25.9 Å². The molecule has 0 spiro atoms. The van der Waals surface area contributed by atoms with Crippen molar-refractivity contribution < 1.29 is 24.6 Å². The van der Waals surface area contributed by atoms with Gasteiger partial charge in [0.25, 0.3) is 0 Å². The first-order chi connectivity index (χ1) is 8.34. The molecule has 1 heterocycles. The number of carbonyl (C=O) groups is 3. The molecule has 1 rings (SSSR count). The Balaban J connectivity index is 2.65. The zero-order valence-corrected chi connectivity index (χ0v) is 10.5. The number of aliphatic hydroxyl groups excluding tert-OH is 2. The van der Waals surface area contributed by atoms with Crippen molar-refractivity contribution in [3.8, 4) is 0 Å². The zero-order valence-electron chi connectivity index (χ0n) is 10.5. The molecule has 0 radical (unpaired) electrons. The van der Waals surface area contributed by atoms with Gasteiger partial charge in [0, 0.05) is 13.1 Å². The third-order valence-electron chi connectivity index (χ3n) is 2.68. The van der Waals surface area contributed by atoms with Gasteiger partial charge in [-0.05, 0) is 26.7 Å². The number of imide groups is 2. The number of nitrogens with zero attached hydrogens (tertiary/aromatic N) is 2. The number of amides is 4. The van der Waals surface area contributed by atoms with E-state index in [1.165, 1.54) is 13.8 Å². The topological polar surface area (TPSA) is 98.2 Å². The average Bonchev–Trinajstić information content (AvgIpc) is 2.46. The molecule has 7 nitrogen and oxygen atoms in total. The second-order valence-electron chi connectivity index (χ2n) is 4.47. The summed E-state index contributed by atoms with van der Waals surface area (Å²) >= 11 is 0. The van der Waals surface area contributed by atoms with E-state index in [4.69, 9.17) is 10.2 Å². The van der Waals surface area contributed by atoms with Crippen LogP contribution in [0.15, 0.2) is 0 Å². The maximum atomic E-state index is 11.8. The number of carbonyl (C=O) groups excluding carboxylic acids is 3. The quantitative estimate of drug-likeness (QED) is 0.486. The van der Waals surface area contributed by atoms with Gasteiger partial charge in [0.1, 0.15) is 0 Å². The Morgan fingerprint density at radius 3 is 1.50 bits per heavy atom. The summed E-state index contributed by atoms with van der Waals surface area (Å²) in [4.78, 5) is 36.6. The van der Waals surface area contributed by atoms with Gasteiger partial charge in [-0.1, -0.05) is 0 Å². The first-order valence-electron chi connectivity index (χ1n) is 5.88. The van der Waals surface area contributed by atoms with Crippen LogP contribution >= 0.6 is 0 Å². The third kappa shape index (κ3) is 3.27. The Bertz CT molecular complexity index is 321. The van der Waals surface area contributed by atoms with Crippen molar-refractivity contribution in [2.75, 3.05) is 13.1 Å². The Kier molecular flexibility index (Phi) is 4.80. The van der Waals surface area contributed by atoms with E-state index in [0.29, 0.717) is 0 Å². The molecule has 102 valence electrons. The summed E-state index contributed by atoms with van der Waals surface area (Å²) in [5.41, 5.74) is 0. The van der Waals surface area contributed by atoms with Gasteiger partial charge in [0.2, 0.25) is 0 Å². The molecule has 2 atom stereocenters. The molecule has 1 fully saturated rings. The largest absolute Gasteiger partial charge is 0.393 e. The van der Waals surface area contributed by atoms with E-state index in [0.717, 1.165) is 9.80 Å². The predicted octanol–water partition coefficient (Wildman–Crippen LogP) is -0.681. The van der Waals surface area contributed by atoms with E-state index in [2.05, 4.69) is 0 Å². The van der Waals surface area contributed by atoms with Crippen LogP contribution in [0.2, 0.25) is 0 Å². The summed E-state index contributed by atoms with van der Waals surface area (Å²) in [5.74, 6) is -1.74. The van der Waals surface area contributed by atoms with E-state index in [1.54, 1.807) is 0 Å². The van der Waals surface area contributed by atoms with Crippen LogP contribution in [0.5, 0.6) is 0 Å². The van der Waals surface area contributed by atoms with Crippen molar-refractivity contribution in [3.63, 3.8) is 0 Å². The maximum absolute atomic E-state index is 11.8. The van der Waals surface area contributed by atoms with Gasteiger partial charge < -0.3 is 10.2 Å². The van der Waals surface area contributed by atoms with Gasteiger partial charge in [-0.15, -0.1) is 0 Å². The summed E-state index contributed by atoms with van der Waals surface area (Å²) in [7, 11) is 0. The molecule has 0 aromatic heterocycles. The molecule has 2 unspecified atom stereocenters. The van der Waals surface area contributed by atoms with Crippen LogP contribution in [-0.2, 0) is 9.59 Å². The highest BCUT2D eigenvalue weighted by Gasteiger charge is 2.43. The van der Waals surface area contributed by atoms with E-state index < -0.39 is 30.1 Å². The molecule has 0 aliphatic carbocycles. The van der Waals surface area contributed by atoms with Crippen molar-refractivity contribution in [2.45, 2.75) is 38.9 Å².